The topological polar surface area (TPSA) is 66.4 Å². The molecule has 2 N–H and O–H groups in total. The minimum atomic E-state index is -0.962. The zero-order chi connectivity index (χ0) is 15.7. The van der Waals surface area contributed by atoms with E-state index in [0.717, 1.165) is 12.2 Å². The number of aliphatic carboxylic acids is 1. The molecule has 0 radical (unpaired) electrons. The molecule has 0 aliphatic carbocycles. The Labute approximate surface area is 130 Å². The maximum Gasteiger partial charge on any atom is 0.326 e. The Hall–Kier alpha value is -1.49. The number of thioether (sulfide) groups is 1. The number of hydrogen-bond donors (Lipinski definition) is 2. The van der Waals surface area contributed by atoms with Crippen LogP contribution in [0.2, 0.25) is 0 Å². The van der Waals surface area contributed by atoms with Crippen LogP contribution in [0.5, 0.6) is 0 Å². The zero-order valence-corrected chi connectivity index (χ0v) is 13.4. The minimum Gasteiger partial charge on any atom is -0.480 e. The highest BCUT2D eigenvalue weighted by atomic mass is 32.2. The second kappa shape index (κ2) is 9.45. The number of amides is 1. The van der Waals surface area contributed by atoms with Crippen molar-refractivity contribution in [3.05, 3.63) is 30.3 Å². The monoisotopic (exact) mass is 309 g/mol. The van der Waals surface area contributed by atoms with Crippen LogP contribution in [0, 0.1) is 5.92 Å². The summed E-state index contributed by atoms with van der Waals surface area (Å²) in [6, 6.07) is 9.23. The Morgan fingerprint density at radius 1 is 1.24 bits per heavy atom. The van der Waals surface area contributed by atoms with E-state index >= 15 is 0 Å². The van der Waals surface area contributed by atoms with Gasteiger partial charge in [0.15, 0.2) is 0 Å². The fourth-order valence-electron chi connectivity index (χ4n) is 1.90. The Bertz CT molecular complexity index is 448. The number of carbonyl (C=O) groups is 2. The van der Waals surface area contributed by atoms with E-state index in [4.69, 9.17) is 5.11 Å². The SMILES string of the molecule is CC(C)C[C@@H](NC(=O)CCCSc1ccccc1)C(=O)O. The van der Waals surface area contributed by atoms with Gasteiger partial charge in [-0.15, -0.1) is 11.8 Å². The molecule has 4 nitrogen and oxygen atoms in total. The molecule has 1 atom stereocenters. The molecule has 1 amide bonds. The summed E-state index contributed by atoms with van der Waals surface area (Å²) in [5.41, 5.74) is 0. The van der Waals surface area contributed by atoms with Crippen molar-refractivity contribution >= 4 is 23.6 Å². The lowest BCUT2D eigenvalue weighted by atomic mass is 10.0. The third-order valence-electron chi connectivity index (χ3n) is 2.90. The van der Waals surface area contributed by atoms with Crippen LogP contribution in [-0.4, -0.2) is 28.8 Å². The standard InChI is InChI=1S/C16H23NO3S/c1-12(2)11-14(16(19)20)17-15(18)9-6-10-21-13-7-4-3-5-8-13/h3-5,7-8,12,14H,6,9-11H2,1-2H3,(H,17,18)(H,19,20)/t14-/m1/s1. The highest BCUT2D eigenvalue weighted by Gasteiger charge is 2.20. The molecule has 0 spiro atoms. The zero-order valence-electron chi connectivity index (χ0n) is 12.5. The van der Waals surface area contributed by atoms with E-state index in [0.29, 0.717) is 12.8 Å². The maximum atomic E-state index is 11.8. The minimum absolute atomic E-state index is 0.184. The molecule has 0 unspecified atom stereocenters. The molecule has 0 fully saturated rings. The molecule has 1 aromatic rings. The summed E-state index contributed by atoms with van der Waals surface area (Å²) in [6.07, 6.45) is 1.56. The number of rotatable bonds is 9. The first-order valence-corrected chi connectivity index (χ1v) is 8.17. The first kappa shape index (κ1) is 17.6. The van der Waals surface area contributed by atoms with Crippen LogP contribution >= 0.6 is 11.8 Å². The average molecular weight is 309 g/mol. The lowest BCUT2D eigenvalue weighted by Crippen LogP contribution is -2.41. The number of carboxylic acids is 1. The summed E-state index contributed by atoms with van der Waals surface area (Å²) < 4.78 is 0. The largest absolute Gasteiger partial charge is 0.480 e. The second-order valence-corrected chi connectivity index (χ2v) is 6.52. The average Bonchev–Trinajstić information content (AvgIpc) is 2.43. The summed E-state index contributed by atoms with van der Waals surface area (Å²) in [6.45, 7) is 3.89. The van der Waals surface area contributed by atoms with Crippen molar-refractivity contribution in [1.82, 2.24) is 5.32 Å². The lowest BCUT2D eigenvalue weighted by Gasteiger charge is -2.16. The third-order valence-corrected chi connectivity index (χ3v) is 4.00. The maximum absolute atomic E-state index is 11.8. The number of carboxylic acid groups (broad SMARTS) is 1. The van der Waals surface area contributed by atoms with Crippen molar-refractivity contribution in [3.63, 3.8) is 0 Å². The van der Waals surface area contributed by atoms with Gasteiger partial charge in [0, 0.05) is 11.3 Å². The van der Waals surface area contributed by atoms with Crippen molar-refractivity contribution < 1.29 is 14.7 Å². The number of benzene rings is 1. The highest BCUT2D eigenvalue weighted by molar-refractivity contribution is 7.99. The second-order valence-electron chi connectivity index (χ2n) is 5.35. The first-order chi connectivity index (χ1) is 9.99. The van der Waals surface area contributed by atoms with E-state index < -0.39 is 12.0 Å². The molecule has 0 aliphatic heterocycles. The van der Waals surface area contributed by atoms with E-state index in [1.807, 2.05) is 44.2 Å². The van der Waals surface area contributed by atoms with Crippen LogP contribution in [0.4, 0.5) is 0 Å². The van der Waals surface area contributed by atoms with Gasteiger partial charge in [-0.3, -0.25) is 4.79 Å². The highest BCUT2D eigenvalue weighted by Crippen LogP contribution is 2.18. The molecule has 0 aromatic heterocycles. The van der Waals surface area contributed by atoms with Gasteiger partial charge in [0.2, 0.25) is 5.91 Å². The summed E-state index contributed by atoms with van der Waals surface area (Å²) >= 11 is 1.70. The van der Waals surface area contributed by atoms with Crippen LogP contribution in [0.3, 0.4) is 0 Å². The van der Waals surface area contributed by atoms with Gasteiger partial charge in [-0.2, -0.15) is 0 Å². The quantitative estimate of drug-likeness (QED) is 0.543. The van der Waals surface area contributed by atoms with Crippen molar-refractivity contribution in [1.29, 1.82) is 0 Å². The summed E-state index contributed by atoms with van der Waals surface area (Å²) in [7, 11) is 0. The van der Waals surface area contributed by atoms with E-state index in [9.17, 15) is 9.59 Å². The van der Waals surface area contributed by atoms with Crippen molar-refractivity contribution in [2.45, 2.75) is 44.0 Å². The molecule has 0 bridgehead atoms. The van der Waals surface area contributed by atoms with Crippen molar-refractivity contribution in [3.8, 4) is 0 Å². The van der Waals surface area contributed by atoms with Crippen LogP contribution in [-0.2, 0) is 9.59 Å². The molecular weight excluding hydrogens is 286 g/mol. The third kappa shape index (κ3) is 7.75. The van der Waals surface area contributed by atoms with Gasteiger partial charge in [-0.1, -0.05) is 32.0 Å². The predicted molar refractivity (Wildman–Crippen MR) is 85.4 cm³/mol. The van der Waals surface area contributed by atoms with Gasteiger partial charge in [0.1, 0.15) is 6.04 Å². The van der Waals surface area contributed by atoms with Gasteiger partial charge >= 0.3 is 5.97 Å². The first-order valence-electron chi connectivity index (χ1n) is 7.19. The molecule has 1 aromatic carbocycles. The predicted octanol–water partition coefficient (Wildman–Crippen LogP) is 3.17. The van der Waals surface area contributed by atoms with E-state index in [1.165, 1.54) is 4.90 Å². The fourth-order valence-corrected chi connectivity index (χ4v) is 2.77. The smallest absolute Gasteiger partial charge is 0.326 e. The lowest BCUT2D eigenvalue weighted by molar-refractivity contribution is -0.142. The fraction of sp³-hybridized carbons (Fsp3) is 0.500. The number of nitrogens with one attached hydrogen (secondary N) is 1. The number of hydrogen-bond acceptors (Lipinski definition) is 3. The van der Waals surface area contributed by atoms with E-state index in [1.54, 1.807) is 11.8 Å². The van der Waals surface area contributed by atoms with Crippen LogP contribution in [0.1, 0.15) is 33.1 Å². The van der Waals surface area contributed by atoms with E-state index in [2.05, 4.69) is 5.32 Å². The molecule has 21 heavy (non-hydrogen) atoms. The molecule has 116 valence electrons. The van der Waals surface area contributed by atoms with Gasteiger partial charge < -0.3 is 10.4 Å². The van der Waals surface area contributed by atoms with Crippen molar-refractivity contribution in [2.75, 3.05) is 5.75 Å². The normalized spacial score (nSPS) is 12.1. The Morgan fingerprint density at radius 3 is 2.48 bits per heavy atom. The van der Waals surface area contributed by atoms with Crippen molar-refractivity contribution in [2.24, 2.45) is 5.92 Å². The Morgan fingerprint density at radius 2 is 1.90 bits per heavy atom. The molecule has 5 heteroatoms. The molecule has 0 saturated carbocycles. The van der Waals surface area contributed by atoms with Crippen LogP contribution < -0.4 is 5.32 Å². The molecule has 1 rings (SSSR count). The van der Waals surface area contributed by atoms with E-state index in [-0.39, 0.29) is 11.8 Å². The Kier molecular flexibility index (Phi) is 7.90. The molecule has 0 saturated heterocycles. The van der Waals surface area contributed by atoms with Gasteiger partial charge in [0.05, 0.1) is 0 Å². The number of carbonyl (C=O) groups excluding carboxylic acids is 1. The molecule has 0 heterocycles. The van der Waals surface area contributed by atoms with Crippen LogP contribution in [0.25, 0.3) is 0 Å². The van der Waals surface area contributed by atoms with Gasteiger partial charge in [-0.05, 0) is 36.6 Å². The summed E-state index contributed by atoms with van der Waals surface area (Å²) in [5.74, 6) is -0.0632. The Balaban J connectivity index is 2.25. The van der Waals surface area contributed by atoms with Crippen LogP contribution in [0.15, 0.2) is 35.2 Å². The molecular formula is C16H23NO3S. The van der Waals surface area contributed by atoms with Gasteiger partial charge in [-0.25, -0.2) is 4.79 Å². The summed E-state index contributed by atoms with van der Waals surface area (Å²) in [5, 5.41) is 11.7. The molecule has 0 aliphatic rings. The summed E-state index contributed by atoms with van der Waals surface area (Å²) in [4.78, 5) is 24.0. The van der Waals surface area contributed by atoms with Gasteiger partial charge in [0.25, 0.3) is 0 Å².